The smallest absolute Gasteiger partial charge is 0.363 e. The molecular weight excluding hydrogens is 222 g/mol. The van der Waals surface area contributed by atoms with Gasteiger partial charge in [-0.15, -0.1) is 0 Å². The van der Waals surface area contributed by atoms with Gasteiger partial charge in [0.1, 0.15) is 0 Å². The molecule has 17 heavy (non-hydrogen) atoms. The Morgan fingerprint density at radius 3 is 2.82 bits per heavy atom. The highest BCUT2D eigenvalue weighted by Crippen LogP contribution is 2.23. The molecule has 1 aliphatic rings. The summed E-state index contributed by atoms with van der Waals surface area (Å²) in [6.45, 7) is 3.23. The Bertz CT molecular complexity index is 425. The zero-order chi connectivity index (χ0) is 12.4. The maximum atomic E-state index is 10.8. The summed E-state index contributed by atoms with van der Waals surface area (Å²) in [5.41, 5.74) is 0. The summed E-state index contributed by atoms with van der Waals surface area (Å²) >= 11 is 0. The second-order valence-electron chi connectivity index (χ2n) is 4.30. The summed E-state index contributed by atoms with van der Waals surface area (Å²) in [7, 11) is 1.77. The van der Waals surface area contributed by atoms with Crippen molar-refractivity contribution < 1.29 is 4.92 Å². The topological polar surface area (TPSA) is 85.0 Å². The van der Waals surface area contributed by atoms with Gasteiger partial charge >= 0.3 is 5.82 Å². The van der Waals surface area contributed by atoms with E-state index >= 15 is 0 Å². The number of nitro groups is 1. The van der Waals surface area contributed by atoms with E-state index in [4.69, 9.17) is 0 Å². The second-order valence-corrected chi connectivity index (χ2v) is 4.30. The summed E-state index contributed by atoms with van der Waals surface area (Å²) in [5, 5.41) is 17.2. The van der Waals surface area contributed by atoms with Crippen molar-refractivity contribution in [2.45, 2.75) is 25.8 Å². The van der Waals surface area contributed by atoms with Crippen molar-refractivity contribution >= 4 is 11.6 Å². The summed E-state index contributed by atoms with van der Waals surface area (Å²) < 4.78 is 1.70. The van der Waals surface area contributed by atoms with Crippen LogP contribution < -0.4 is 10.6 Å². The van der Waals surface area contributed by atoms with E-state index in [1.807, 2.05) is 0 Å². The number of aromatic nitrogens is 2. The Kier molecular flexibility index (Phi) is 3.28. The van der Waals surface area contributed by atoms with Gasteiger partial charge in [0.05, 0.1) is 0 Å². The third kappa shape index (κ3) is 2.73. The number of hydrogen-bond acceptors (Lipinski definition) is 5. The fourth-order valence-corrected chi connectivity index (χ4v) is 1.66. The predicted molar refractivity (Wildman–Crippen MR) is 64.1 cm³/mol. The molecule has 2 rings (SSSR count). The Hall–Kier alpha value is -1.63. The van der Waals surface area contributed by atoms with Crippen LogP contribution in [0.5, 0.6) is 0 Å². The maximum absolute atomic E-state index is 10.8. The van der Waals surface area contributed by atoms with Crippen LogP contribution in [0.3, 0.4) is 0 Å². The molecule has 7 nitrogen and oxygen atoms in total. The van der Waals surface area contributed by atoms with Crippen LogP contribution in [-0.2, 0) is 7.05 Å². The normalized spacial score (nSPS) is 14.9. The van der Waals surface area contributed by atoms with Crippen LogP contribution in [0.1, 0.15) is 18.7 Å². The number of anilines is 1. The standard InChI is InChI=1S/C10H17N5O2/c1-7-13-10(15(16)17)9(14(7)2)12-6-5-11-8-3-4-8/h8,11-12H,3-6H2,1-2H3. The largest absolute Gasteiger partial charge is 0.406 e. The zero-order valence-corrected chi connectivity index (χ0v) is 10.1. The first-order valence-electron chi connectivity index (χ1n) is 5.74. The Balaban J connectivity index is 1.95. The number of nitrogens with zero attached hydrogens (tertiary/aromatic N) is 3. The van der Waals surface area contributed by atoms with Crippen molar-refractivity contribution in [2.24, 2.45) is 7.05 Å². The van der Waals surface area contributed by atoms with Gasteiger partial charge in [-0.05, 0) is 22.7 Å². The molecule has 0 unspecified atom stereocenters. The molecule has 0 atom stereocenters. The fourth-order valence-electron chi connectivity index (χ4n) is 1.66. The maximum Gasteiger partial charge on any atom is 0.406 e. The molecule has 1 heterocycles. The Morgan fingerprint density at radius 2 is 2.24 bits per heavy atom. The molecule has 0 aromatic carbocycles. The first-order chi connectivity index (χ1) is 8.09. The molecule has 0 spiro atoms. The van der Waals surface area contributed by atoms with Gasteiger partial charge in [-0.25, -0.2) is 0 Å². The third-order valence-electron chi connectivity index (χ3n) is 2.90. The van der Waals surface area contributed by atoms with E-state index < -0.39 is 4.92 Å². The van der Waals surface area contributed by atoms with Gasteiger partial charge in [-0.3, -0.25) is 4.57 Å². The van der Waals surface area contributed by atoms with Crippen LogP contribution in [0.2, 0.25) is 0 Å². The van der Waals surface area contributed by atoms with E-state index in [0.717, 1.165) is 6.54 Å². The van der Waals surface area contributed by atoms with Crippen LogP contribution in [0, 0.1) is 17.0 Å². The lowest BCUT2D eigenvalue weighted by Crippen LogP contribution is -2.24. The average Bonchev–Trinajstić information content (AvgIpc) is 3.05. The SMILES string of the molecule is Cc1nc([N+](=O)[O-])c(NCCNC2CC2)n1C. The fraction of sp³-hybridized carbons (Fsp3) is 0.700. The minimum Gasteiger partial charge on any atom is -0.363 e. The lowest BCUT2D eigenvalue weighted by Gasteiger charge is -2.07. The number of hydrogen-bond donors (Lipinski definition) is 2. The molecule has 2 N–H and O–H groups in total. The summed E-state index contributed by atoms with van der Waals surface area (Å²) in [6.07, 6.45) is 2.48. The monoisotopic (exact) mass is 239 g/mol. The van der Waals surface area contributed by atoms with E-state index in [1.54, 1.807) is 18.5 Å². The summed E-state index contributed by atoms with van der Waals surface area (Å²) in [5.74, 6) is 1.01. The van der Waals surface area contributed by atoms with E-state index in [-0.39, 0.29) is 5.82 Å². The van der Waals surface area contributed by atoms with Gasteiger partial charge < -0.3 is 20.7 Å². The molecule has 0 radical (unpaired) electrons. The number of nitrogens with one attached hydrogen (secondary N) is 2. The minimum absolute atomic E-state index is 0.101. The van der Waals surface area contributed by atoms with Gasteiger partial charge in [0.15, 0.2) is 0 Å². The highest BCUT2D eigenvalue weighted by atomic mass is 16.6. The Morgan fingerprint density at radius 1 is 1.53 bits per heavy atom. The van der Waals surface area contributed by atoms with Gasteiger partial charge in [0.25, 0.3) is 0 Å². The molecule has 1 aromatic heterocycles. The first kappa shape index (κ1) is 11.8. The van der Waals surface area contributed by atoms with E-state index in [9.17, 15) is 10.1 Å². The van der Waals surface area contributed by atoms with Gasteiger partial charge in [0, 0.05) is 33.1 Å². The lowest BCUT2D eigenvalue weighted by molar-refractivity contribution is -0.388. The van der Waals surface area contributed by atoms with Crippen LogP contribution in [-0.4, -0.2) is 33.6 Å². The van der Waals surface area contributed by atoms with Crippen molar-refractivity contribution in [1.29, 1.82) is 0 Å². The van der Waals surface area contributed by atoms with E-state index in [2.05, 4.69) is 15.6 Å². The lowest BCUT2D eigenvalue weighted by atomic mass is 10.5. The van der Waals surface area contributed by atoms with Crippen molar-refractivity contribution in [3.05, 3.63) is 15.9 Å². The molecule has 94 valence electrons. The van der Waals surface area contributed by atoms with Crippen molar-refractivity contribution in [3.8, 4) is 0 Å². The number of rotatable bonds is 6. The highest BCUT2D eigenvalue weighted by Gasteiger charge is 2.23. The average molecular weight is 239 g/mol. The zero-order valence-electron chi connectivity index (χ0n) is 10.1. The first-order valence-corrected chi connectivity index (χ1v) is 5.74. The van der Waals surface area contributed by atoms with E-state index in [0.29, 0.717) is 24.2 Å². The van der Waals surface area contributed by atoms with Crippen LogP contribution in [0.25, 0.3) is 0 Å². The van der Waals surface area contributed by atoms with Crippen LogP contribution in [0.4, 0.5) is 11.6 Å². The highest BCUT2D eigenvalue weighted by molar-refractivity contribution is 5.53. The van der Waals surface area contributed by atoms with Crippen molar-refractivity contribution in [2.75, 3.05) is 18.4 Å². The number of imidazole rings is 1. The van der Waals surface area contributed by atoms with Crippen molar-refractivity contribution in [1.82, 2.24) is 14.9 Å². The molecule has 0 bridgehead atoms. The molecule has 1 aromatic rings. The van der Waals surface area contributed by atoms with Crippen LogP contribution >= 0.6 is 0 Å². The molecular formula is C10H17N5O2. The number of aryl methyl sites for hydroxylation is 1. The Labute approximate surface area is 99.4 Å². The molecule has 1 fully saturated rings. The molecule has 0 amide bonds. The molecule has 7 heteroatoms. The van der Waals surface area contributed by atoms with Gasteiger partial charge in [0.2, 0.25) is 11.6 Å². The van der Waals surface area contributed by atoms with Gasteiger partial charge in [-0.1, -0.05) is 0 Å². The van der Waals surface area contributed by atoms with E-state index in [1.165, 1.54) is 12.8 Å². The summed E-state index contributed by atoms with van der Waals surface area (Å²) in [6, 6.07) is 0.653. The second kappa shape index (κ2) is 4.70. The predicted octanol–water partition coefficient (Wildman–Crippen LogP) is 0.801. The minimum atomic E-state index is -0.455. The molecule has 0 saturated heterocycles. The van der Waals surface area contributed by atoms with Gasteiger partial charge in [-0.2, -0.15) is 0 Å². The van der Waals surface area contributed by atoms with Crippen molar-refractivity contribution in [3.63, 3.8) is 0 Å². The van der Waals surface area contributed by atoms with Crippen LogP contribution in [0.15, 0.2) is 0 Å². The quantitative estimate of drug-likeness (QED) is 0.436. The molecule has 0 aliphatic heterocycles. The summed E-state index contributed by atoms with van der Waals surface area (Å²) in [4.78, 5) is 14.3. The third-order valence-corrected chi connectivity index (χ3v) is 2.90. The molecule has 1 saturated carbocycles. The molecule has 1 aliphatic carbocycles.